The Bertz CT molecular complexity index is 768. The highest BCUT2D eigenvalue weighted by atomic mass is 16.5. The first kappa shape index (κ1) is 25.5. The van der Waals surface area contributed by atoms with Crippen molar-refractivity contribution in [3.63, 3.8) is 0 Å². The lowest BCUT2D eigenvalue weighted by atomic mass is 9.41. The average Bonchev–Trinajstić information content (AvgIpc) is 3.16. The van der Waals surface area contributed by atoms with E-state index >= 15 is 0 Å². The number of aliphatic carboxylic acids is 1. The molecule has 0 radical (unpaired) electrons. The van der Waals surface area contributed by atoms with Gasteiger partial charge in [-0.3, -0.25) is 14.4 Å². The van der Waals surface area contributed by atoms with Crippen molar-refractivity contribution in [2.24, 2.45) is 52.3 Å². The van der Waals surface area contributed by atoms with Crippen molar-refractivity contribution in [2.45, 2.75) is 104 Å². The molecule has 0 aromatic heterocycles. The molecule has 11 atom stereocenters. The molecule has 4 saturated carbocycles. The summed E-state index contributed by atoms with van der Waals surface area (Å²) in [6.07, 6.45) is 9.26. The average molecular weight is 477 g/mol. The largest absolute Gasteiger partial charge is 0.481 e. The number of carboxylic acid groups (broad SMARTS) is 1. The summed E-state index contributed by atoms with van der Waals surface area (Å²) in [6, 6.07) is 0. The van der Waals surface area contributed by atoms with Gasteiger partial charge in [-0.2, -0.15) is 0 Å². The van der Waals surface area contributed by atoms with Crippen LogP contribution in [0.15, 0.2) is 0 Å². The lowest BCUT2D eigenvalue weighted by Gasteiger charge is -2.65. The van der Waals surface area contributed by atoms with Crippen LogP contribution in [-0.4, -0.2) is 36.2 Å². The predicted octanol–water partition coefficient (Wildman–Crippen LogP) is 5.48. The predicted molar refractivity (Wildman–Crippen MR) is 128 cm³/mol. The van der Waals surface area contributed by atoms with Crippen LogP contribution in [-0.2, 0) is 23.9 Å². The normalized spacial score (nSPS) is 46.4. The van der Waals surface area contributed by atoms with Crippen LogP contribution >= 0.6 is 0 Å². The fraction of sp³-hybridized carbons (Fsp3) is 0.893. The number of fused-ring (bicyclic) bond motifs is 5. The summed E-state index contributed by atoms with van der Waals surface area (Å²) in [7, 11) is 0. The van der Waals surface area contributed by atoms with Gasteiger partial charge in [-0.25, -0.2) is 0 Å². The highest BCUT2D eigenvalue weighted by Crippen LogP contribution is 2.70. The van der Waals surface area contributed by atoms with Gasteiger partial charge in [0.2, 0.25) is 0 Å². The first-order valence-electron chi connectivity index (χ1n) is 13.6. The van der Waals surface area contributed by atoms with Crippen LogP contribution in [0.5, 0.6) is 0 Å². The zero-order valence-corrected chi connectivity index (χ0v) is 21.4. The summed E-state index contributed by atoms with van der Waals surface area (Å²) in [5, 5.41) is 9.22. The summed E-state index contributed by atoms with van der Waals surface area (Å²) in [5.41, 5.74) is 0.341. The van der Waals surface area contributed by atoms with Gasteiger partial charge >= 0.3 is 5.97 Å². The molecular formula is C28H44O6. The SMILES string of the molecule is CC[C@@H]1C2C[C@H](OC=O)CCC2(C)[C@H]2CC[C@]3(C)C([C@H](C)CCC(=O)O)CC[C@H]3[C@@H]2[C@@H]1OC=O. The second kappa shape index (κ2) is 9.81. The van der Waals surface area contributed by atoms with Crippen molar-refractivity contribution in [1.29, 1.82) is 0 Å². The minimum absolute atomic E-state index is 0.0298. The maximum atomic E-state index is 11.8. The molecule has 1 N–H and O–H groups in total. The molecule has 0 aliphatic heterocycles. The molecule has 3 unspecified atom stereocenters. The van der Waals surface area contributed by atoms with Crippen LogP contribution in [0.4, 0.5) is 0 Å². The molecule has 0 aromatic rings. The summed E-state index contributed by atoms with van der Waals surface area (Å²) in [5.74, 6) is 2.24. The van der Waals surface area contributed by atoms with Crippen LogP contribution in [0.1, 0.15) is 91.9 Å². The van der Waals surface area contributed by atoms with Gasteiger partial charge < -0.3 is 14.6 Å². The maximum absolute atomic E-state index is 11.8. The monoisotopic (exact) mass is 476 g/mol. The molecular weight excluding hydrogens is 432 g/mol. The van der Waals surface area contributed by atoms with Crippen LogP contribution in [0.25, 0.3) is 0 Å². The summed E-state index contributed by atoms with van der Waals surface area (Å²) < 4.78 is 11.4. The summed E-state index contributed by atoms with van der Waals surface area (Å²) >= 11 is 0. The zero-order valence-electron chi connectivity index (χ0n) is 21.4. The van der Waals surface area contributed by atoms with Gasteiger partial charge in [0, 0.05) is 12.3 Å². The molecule has 4 fully saturated rings. The third kappa shape index (κ3) is 4.07. The molecule has 4 aliphatic carbocycles. The van der Waals surface area contributed by atoms with Crippen molar-refractivity contribution in [2.75, 3.05) is 0 Å². The molecule has 0 heterocycles. The van der Waals surface area contributed by atoms with E-state index in [0.29, 0.717) is 48.5 Å². The molecule has 0 spiro atoms. The van der Waals surface area contributed by atoms with Gasteiger partial charge in [-0.05, 0) is 104 Å². The molecule has 0 aromatic carbocycles. The fourth-order valence-electron chi connectivity index (χ4n) is 9.89. The number of carbonyl (C=O) groups is 3. The lowest BCUT2D eigenvalue weighted by Crippen LogP contribution is -2.62. The Balaban J connectivity index is 1.66. The molecule has 6 heteroatoms. The number of ether oxygens (including phenoxy) is 2. The quantitative estimate of drug-likeness (QED) is 0.444. The van der Waals surface area contributed by atoms with Gasteiger partial charge in [0.25, 0.3) is 12.9 Å². The van der Waals surface area contributed by atoms with Crippen molar-refractivity contribution in [1.82, 2.24) is 0 Å². The number of hydrogen-bond acceptors (Lipinski definition) is 5. The van der Waals surface area contributed by atoms with Crippen molar-refractivity contribution >= 4 is 18.9 Å². The Kier molecular flexibility index (Phi) is 7.36. The minimum Gasteiger partial charge on any atom is -0.481 e. The van der Waals surface area contributed by atoms with Gasteiger partial charge in [0.05, 0.1) is 0 Å². The van der Waals surface area contributed by atoms with E-state index in [0.717, 1.165) is 51.4 Å². The second-order valence-electron chi connectivity index (χ2n) is 12.4. The molecule has 6 nitrogen and oxygen atoms in total. The van der Waals surface area contributed by atoms with Gasteiger partial charge in [-0.1, -0.05) is 27.7 Å². The second-order valence-corrected chi connectivity index (χ2v) is 12.4. The third-order valence-corrected chi connectivity index (χ3v) is 11.4. The topological polar surface area (TPSA) is 89.9 Å². The number of carboxylic acids is 1. The van der Waals surface area contributed by atoms with Crippen LogP contribution in [0, 0.1) is 52.3 Å². The molecule has 4 aliphatic rings. The molecule has 34 heavy (non-hydrogen) atoms. The maximum Gasteiger partial charge on any atom is 0.303 e. The zero-order chi connectivity index (χ0) is 24.7. The van der Waals surface area contributed by atoms with Crippen LogP contribution in [0.2, 0.25) is 0 Å². The van der Waals surface area contributed by atoms with Crippen LogP contribution < -0.4 is 0 Å². The number of hydrogen-bond donors (Lipinski definition) is 1. The van der Waals surface area contributed by atoms with E-state index in [-0.39, 0.29) is 35.4 Å². The standard InChI is InChI=1S/C28H44O6/c1-5-19-23-14-18(33-15-29)10-12-28(23,4)22-11-13-27(3)20(17(2)6-9-24(31)32)7-8-21(27)25(22)26(19)34-16-30/h15-23,25-26H,5-14H2,1-4H3,(H,31,32)/t17-,18-,19-,20?,21+,22+,23?,25+,26-,27-,28?/m1/s1. The molecule has 0 bridgehead atoms. The van der Waals surface area contributed by atoms with Crippen LogP contribution in [0.3, 0.4) is 0 Å². The van der Waals surface area contributed by atoms with Gasteiger partial charge in [0.15, 0.2) is 0 Å². The Morgan fingerprint density at radius 3 is 2.32 bits per heavy atom. The third-order valence-electron chi connectivity index (χ3n) is 11.4. The fourth-order valence-corrected chi connectivity index (χ4v) is 9.89. The first-order chi connectivity index (χ1) is 16.2. The molecule has 0 saturated heterocycles. The molecule has 4 rings (SSSR count). The Morgan fingerprint density at radius 2 is 1.68 bits per heavy atom. The Hall–Kier alpha value is -1.59. The van der Waals surface area contributed by atoms with E-state index in [4.69, 9.17) is 9.47 Å². The van der Waals surface area contributed by atoms with Gasteiger partial charge in [-0.15, -0.1) is 0 Å². The van der Waals surface area contributed by atoms with E-state index in [2.05, 4.69) is 27.7 Å². The van der Waals surface area contributed by atoms with E-state index in [1.54, 1.807) is 0 Å². The van der Waals surface area contributed by atoms with Crippen molar-refractivity contribution in [3.05, 3.63) is 0 Å². The molecule has 0 amide bonds. The summed E-state index contributed by atoms with van der Waals surface area (Å²) in [6.45, 7) is 10.6. The van der Waals surface area contributed by atoms with Crippen molar-refractivity contribution in [3.8, 4) is 0 Å². The number of rotatable bonds is 9. The number of carbonyl (C=O) groups excluding carboxylic acids is 2. The highest BCUT2D eigenvalue weighted by molar-refractivity contribution is 5.66. The minimum atomic E-state index is -0.707. The van der Waals surface area contributed by atoms with E-state index in [1.165, 1.54) is 6.42 Å². The lowest BCUT2D eigenvalue weighted by molar-refractivity contribution is -0.213. The van der Waals surface area contributed by atoms with E-state index in [1.807, 2.05) is 0 Å². The Labute approximate surface area is 204 Å². The first-order valence-corrected chi connectivity index (χ1v) is 13.6. The van der Waals surface area contributed by atoms with E-state index < -0.39 is 5.97 Å². The molecule has 192 valence electrons. The summed E-state index contributed by atoms with van der Waals surface area (Å²) in [4.78, 5) is 34.0. The highest BCUT2D eigenvalue weighted by Gasteiger charge is 2.65. The van der Waals surface area contributed by atoms with E-state index in [9.17, 15) is 19.5 Å². The van der Waals surface area contributed by atoms with Crippen molar-refractivity contribution < 1.29 is 29.0 Å². The Morgan fingerprint density at radius 1 is 1.00 bits per heavy atom. The smallest absolute Gasteiger partial charge is 0.303 e. The van der Waals surface area contributed by atoms with Gasteiger partial charge in [0.1, 0.15) is 12.2 Å².